The number of benzene rings is 1. The molecule has 0 saturated carbocycles. The van der Waals surface area contributed by atoms with Gasteiger partial charge in [0.25, 0.3) is 0 Å². The van der Waals surface area contributed by atoms with Gasteiger partial charge in [-0.05, 0) is 47.1 Å². The van der Waals surface area contributed by atoms with Gasteiger partial charge in [0.1, 0.15) is 4.60 Å². The Bertz CT molecular complexity index is 763. The van der Waals surface area contributed by atoms with Gasteiger partial charge in [-0.25, -0.2) is 9.78 Å². The van der Waals surface area contributed by atoms with E-state index >= 15 is 0 Å². The van der Waals surface area contributed by atoms with Crippen LogP contribution in [0.3, 0.4) is 0 Å². The van der Waals surface area contributed by atoms with E-state index in [9.17, 15) is 4.79 Å². The maximum atomic E-state index is 11.2. The Morgan fingerprint density at radius 1 is 1.27 bits per heavy atom. The third-order valence-electron chi connectivity index (χ3n) is 2.52. The van der Waals surface area contributed by atoms with Crippen LogP contribution >= 0.6 is 39.1 Å². The van der Waals surface area contributed by atoms with E-state index in [4.69, 9.17) is 32.7 Å². The zero-order chi connectivity index (χ0) is 19.2. The molecule has 0 atom stereocenters. The Hall–Kier alpha value is -1.94. The van der Waals surface area contributed by atoms with Gasteiger partial charge >= 0.3 is 6.09 Å². The molecule has 0 aliphatic rings. The molecular formula is C18H17BrCl2N2O3. The molecule has 2 rings (SSSR count). The highest BCUT2D eigenvalue weighted by Gasteiger charge is 2.01. The lowest BCUT2D eigenvalue weighted by atomic mass is 10.3. The number of halogens is 3. The monoisotopic (exact) mass is 458 g/mol. The number of nitrogens with zero attached hydrogens (tertiary/aromatic N) is 1. The van der Waals surface area contributed by atoms with Crippen LogP contribution < -0.4 is 10.1 Å². The van der Waals surface area contributed by atoms with E-state index in [1.807, 2.05) is 25.1 Å². The highest BCUT2D eigenvalue weighted by Crippen LogP contribution is 2.14. The topological polar surface area (TPSA) is 60.5 Å². The van der Waals surface area contributed by atoms with Crippen molar-refractivity contribution < 1.29 is 14.3 Å². The van der Waals surface area contributed by atoms with Gasteiger partial charge in [-0.3, -0.25) is 5.32 Å². The Morgan fingerprint density at radius 3 is 2.69 bits per heavy atom. The zero-order valence-corrected chi connectivity index (χ0v) is 17.1. The summed E-state index contributed by atoms with van der Waals surface area (Å²) in [5, 5.41) is 3.05. The zero-order valence-electron chi connectivity index (χ0n) is 14.0. The number of ether oxygens (including phenoxy) is 2. The molecule has 2 aromatic rings. The van der Waals surface area contributed by atoms with Crippen LogP contribution in [0.4, 0.5) is 10.5 Å². The normalized spacial score (nSPS) is 9.08. The second kappa shape index (κ2) is 13.3. The minimum atomic E-state index is -0.578. The van der Waals surface area contributed by atoms with Gasteiger partial charge in [-0.2, -0.15) is 0 Å². The number of hydrogen-bond donors (Lipinski definition) is 1. The summed E-state index contributed by atoms with van der Waals surface area (Å²) in [5.41, 5.74) is 0.572. The summed E-state index contributed by atoms with van der Waals surface area (Å²) < 4.78 is 10.7. The van der Waals surface area contributed by atoms with Gasteiger partial charge in [0.2, 0.25) is 5.88 Å². The van der Waals surface area contributed by atoms with Gasteiger partial charge in [-0.1, -0.05) is 35.6 Å². The minimum absolute atomic E-state index is 0.0130. The molecule has 1 heterocycles. The van der Waals surface area contributed by atoms with Crippen molar-refractivity contribution in [3.63, 3.8) is 0 Å². The maximum absolute atomic E-state index is 11.2. The van der Waals surface area contributed by atoms with E-state index in [-0.39, 0.29) is 12.5 Å². The number of rotatable bonds is 4. The van der Waals surface area contributed by atoms with Crippen molar-refractivity contribution in [3.05, 3.63) is 52.1 Å². The van der Waals surface area contributed by atoms with Crippen LogP contribution in [0.25, 0.3) is 0 Å². The third kappa shape index (κ3) is 10.1. The van der Waals surface area contributed by atoms with Crippen molar-refractivity contribution in [2.75, 3.05) is 24.4 Å². The summed E-state index contributed by atoms with van der Waals surface area (Å²) in [6, 6.07) is 12.3. The molecule has 8 heteroatoms. The van der Waals surface area contributed by atoms with Crippen LogP contribution in [-0.4, -0.2) is 30.2 Å². The molecule has 1 N–H and O–H groups in total. The summed E-state index contributed by atoms with van der Waals surface area (Å²) in [6.45, 7) is 2.60. The SMILES string of the molecule is CCOc1cccc(Br)n1.O=C(Nc1cccc(Cl)c1)OCC#CCCl. The Kier molecular flexibility index (Phi) is 11.3. The molecule has 26 heavy (non-hydrogen) atoms. The molecule has 0 saturated heterocycles. The van der Waals surface area contributed by atoms with Crippen molar-refractivity contribution in [2.45, 2.75) is 6.92 Å². The van der Waals surface area contributed by atoms with Gasteiger partial charge in [0, 0.05) is 16.8 Å². The number of carbonyl (C=O) groups is 1. The van der Waals surface area contributed by atoms with Crippen molar-refractivity contribution in [1.29, 1.82) is 0 Å². The molecule has 0 aliphatic heterocycles. The molecule has 0 unspecified atom stereocenters. The lowest BCUT2D eigenvalue weighted by Gasteiger charge is -2.04. The number of nitrogens with one attached hydrogen (secondary N) is 1. The lowest BCUT2D eigenvalue weighted by molar-refractivity contribution is 0.176. The average Bonchev–Trinajstić information content (AvgIpc) is 2.60. The largest absolute Gasteiger partial charge is 0.478 e. The van der Waals surface area contributed by atoms with Crippen LogP contribution in [0.15, 0.2) is 47.1 Å². The predicted octanol–water partition coefficient (Wildman–Crippen LogP) is 5.37. The third-order valence-corrected chi connectivity index (χ3v) is 3.33. The van der Waals surface area contributed by atoms with Crippen molar-refractivity contribution in [2.24, 2.45) is 0 Å². The lowest BCUT2D eigenvalue weighted by Crippen LogP contribution is -2.13. The number of pyridine rings is 1. The first kappa shape index (κ1) is 22.1. The number of anilines is 1. The number of hydrogen-bond acceptors (Lipinski definition) is 4. The highest BCUT2D eigenvalue weighted by molar-refractivity contribution is 9.10. The van der Waals surface area contributed by atoms with Crippen LogP contribution in [0, 0.1) is 11.8 Å². The van der Waals surface area contributed by atoms with E-state index < -0.39 is 6.09 Å². The number of amides is 1. The van der Waals surface area contributed by atoms with Crippen LogP contribution in [0.5, 0.6) is 5.88 Å². The standard InChI is InChI=1S/C11H9Cl2NO2.C7H8BrNO/c12-6-1-2-7-16-11(15)14-10-5-3-4-9(13)8-10;1-2-10-7-5-3-4-6(8)9-7/h3-5,8H,6-7H2,(H,14,15);3-5H,2H2,1H3. The summed E-state index contributed by atoms with van der Waals surface area (Å²) in [4.78, 5) is 15.3. The molecule has 5 nitrogen and oxygen atoms in total. The van der Waals surface area contributed by atoms with E-state index in [1.165, 1.54) is 0 Å². The van der Waals surface area contributed by atoms with E-state index in [0.29, 0.717) is 23.2 Å². The number of aromatic nitrogens is 1. The molecule has 0 aliphatic carbocycles. The molecule has 0 bridgehead atoms. The summed E-state index contributed by atoms with van der Waals surface area (Å²) >= 11 is 14.3. The molecule has 1 aromatic heterocycles. The van der Waals surface area contributed by atoms with Crippen molar-refractivity contribution in [1.82, 2.24) is 4.98 Å². The second-order valence-corrected chi connectivity index (χ2v) is 5.95. The second-order valence-electron chi connectivity index (χ2n) is 4.43. The minimum Gasteiger partial charge on any atom is -0.478 e. The average molecular weight is 460 g/mol. The molecule has 0 spiro atoms. The first-order valence-corrected chi connectivity index (χ1v) is 9.22. The highest BCUT2D eigenvalue weighted by atomic mass is 79.9. The van der Waals surface area contributed by atoms with Gasteiger partial charge < -0.3 is 9.47 Å². The fraction of sp³-hybridized carbons (Fsp3) is 0.222. The molecule has 1 amide bonds. The first-order valence-electron chi connectivity index (χ1n) is 7.51. The van der Waals surface area contributed by atoms with E-state index in [1.54, 1.807) is 24.3 Å². The fourth-order valence-electron chi connectivity index (χ4n) is 1.54. The van der Waals surface area contributed by atoms with E-state index in [0.717, 1.165) is 4.60 Å². The predicted molar refractivity (Wildman–Crippen MR) is 108 cm³/mol. The van der Waals surface area contributed by atoms with E-state index in [2.05, 4.69) is 38.1 Å². The number of alkyl halides is 1. The van der Waals surface area contributed by atoms with Gasteiger partial charge in [0.15, 0.2) is 6.61 Å². The molecule has 138 valence electrons. The Morgan fingerprint density at radius 2 is 2.04 bits per heavy atom. The first-order chi connectivity index (χ1) is 12.5. The van der Waals surface area contributed by atoms with Gasteiger partial charge in [-0.15, -0.1) is 11.6 Å². The molecule has 1 aromatic carbocycles. The molecule has 0 fully saturated rings. The summed E-state index contributed by atoms with van der Waals surface area (Å²) in [5.74, 6) is 6.02. The summed E-state index contributed by atoms with van der Waals surface area (Å²) in [7, 11) is 0. The Labute approximate surface area is 171 Å². The van der Waals surface area contributed by atoms with Gasteiger partial charge in [0.05, 0.1) is 12.5 Å². The van der Waals surface area contributed by atoms with Crippen LogP contribution in [0.2, 0.25) is 5.02 Å². The van der Waals surface area contributed by atoms with Crippen molar-refractivity contribution in [3.8, 4) is 17.7 Å². The van der Waals surface area contributed by atoms with Crippen LogP contribution in [0.1, 0.15) is 6.92 Å². The Balaban J connectivity index is 0.000000289. The molecular weight excluding hydrogens is 443 g/mol. The molecule has 0 radical (unpaired) electrons. The smallest absolute Gasteiger partial charge is 0.412 e. The fourth-order valence-corrected chi connectivity index (χ4v) is 2.15. The summed E-state index contributed by atoms with van der Waals surface area (Å²) in [6.07, 6.45) is -0.578. The number of carbonyl (C=O) groups excluding carboxylic acids is 1. The quantitative estimate of drug-likeness (QED) is 0.379. The van der Waals surface area contributed by atoms with Crippen molar-refractivity contribution >= 4 is 50.9 Å². The maximum Gasteiger partial charge on any atom is 0.412 e. The van der Waals surface area contributed by atoms with Crippen LogP contribution in [-0.2, 0) is 4.74 Å².